The maximum Gasteiger partial charge on any atom is 0.163 e. The molecular formula is C15H12Br2O. The van der Waals surface area contributed by atoms with E-state index in [2.05, 4.69) is 31.9 Å². The van der Waals surface area contributed by atoms with E-state index >= 15 is 0 Å². The zero-order valence-electron chi connectivity index (χ0n) is 9.70. The molecule has 3 heteroatoms. The average Bonchev–Trinajstić information content (AvgIpc) is 2.36. The van der Waals surface area contributed by atoms with Crippen LogP contribution in [0.2, 0.25) is 0 Å². The average molecular weight is 368 g/mol. The SMILES string of the molecule is O=C(CCc1ccccc1)c1cc(Br)cc(Br)c1. The molecular weight excluding hydrogens is 356 g/mol. The number of ketones is 1. The molecule has 0 atom stereocenters. The van der Waals surface area contributed by atoms with Crippen LogP contribution in [0, 0.1) is 0 Å². The summed E-state index contributed by atoms with van der Waals surface area (Å²) in [6.07, 6.45) is 1.32. The van der Waals surface area contributed by atoms with Crippen molar-refractivity contribution >= 4 is 37.6 Å². The number of hydrogen-bond donors (Lipinski definition) is 0. The Morgan fingerprint density at radius 3 is 2.17 bits per heavy atom. The van der Waals surface area contributed by atoms with Crippen LogP contribution in [0.4, 0.5) is 0 Å². The van der Waals surface area contributed by atoms with E-state index in [0.29, 0.717) is 6.42 Å². The normalized spacial score (nSPS) is 10.3. The summed E-state index contributed by atoms with van der Waals surface area (Å²) in [5.41, 5.74) is 1.94. The molecule has 0 aliphatic rings. The molecule has 0 aromatic heterocycles. The molecule has 0 bridgehead atoms. The molecule has 0 aliphatic heterocycles. The molecule has 92 valence electrons. The first-order valence-corrected chi connectivity index (χ1v) is 7.27. The van der Waals surface area contributed by atoms with Gasteiger partial charge in [0.05, 0.1) is 0 Å². The van der Waals surface area contributed by atoms with Gasteiger partial charge in [0.25, 0.3) is 0 Å². The van der Waals surface area contributed by atoms with Crippen molar-refractivity contribution in [2.24, 2.45) is 0 Å². The van der Waals surface area contributed by atoms with Gasteiger partial charge in [0, 0.05) is 20.9 Å². The summed E-state index contributed by atoms with van der Waals surface area (Å²) in [6.45, 7) is 0. The molecule has 0 saturated heterocycles. The number of aryl methyl sites for hydroxylation is 1. The van der Waals surface area contributed by atoms with Crippen molar-refractivity contribution < 1.29 is 4.79 Å². The molecule has 0 saturated carbocycles. The smallest absolute Gasteiger partial charge is 0.163 e. The predicted octanol–water partition coefficient (Wildman–Crippen LogP) is 5.03. The van der Waals surface area contributed by atoms with Gasteiger partial charge in [-0.3, -0.25) is 4.79 Å². The third kappa shape index (κ3) is 3.79. The lowest BCUT2D eigenvalue weighted by Crippen LogP contribution is -2.01. The fraction of sp³-hybridized carbons (Fsp3) is 0.133. The van der Waals surface area contributed by atoms with Gasteiger partial charge in [-0.2, -0.15) is 0 Å². The summed E-state index contributed by atoms with van der Waals surface area (Å²) in [5, 5.41) is 0. The van der Waals surface area contributed by atoms with Crippen LogP contribution in [0.5, 0.6) is 0 Å². The summed E-state index contributed by atoms with van der Waals surface area (Å²) >= 11 is 6.79. The minimum atomic E-state index is 0.167. The maximum absolute atomic E-state index is 12.1. The van der Waals surface area contributed by atoms with Gasteiger partial charge in [-0.25, -0.2) is 0 Å². The van der Waals surface area contributed by atoms with Crippen molar-refractivity contribution in [2.45, 2.75) is 12.8 Å². The lowest BCUT2D eigenvalue weighted by molar-refractivity contribution is 0.0982. The van der Waals surface area contributed by atoms with Crippen molar-refractivity contribution in [3.8, 4) is 0 Å². The fourth-order valence-electron chi connectivity index (χ4n) is 1.76. The fourth-order valence-corrected chi connectivity index (χ4v) is 3.06. The molecule has 2 aromatic carbocycles. The molecule has 0 N–H and O–H groups in total. The minimum Gasteiger partial charge on any atom is -0.294 e. The van der Waals surface area contributed by atoms with Crippen LogP contribution >= 0.6 is 31.9 Å². The Labute approximate surface area is 123 Å². The van der Waals surface area contributed by atoms with E-state index in [1.54, 1.807) is 0 Å². The Morgan fingerprint density at radius 1 is 0.944 bits per heavy atom. The number of halogens is 2. The molecule has 0 radical (unpaired) electrons. The van der Waals surface area contributed by atoms with Gasteiger partial charge in [-0.05, 0) is 30.2 Å². The summed E-state index contributed by atoms with van der Waals surface area (Å²) < 4.78 is 1.83. The van der Waals surface area contributed by atoms with Crippen LogP contribution in [0.15, 0.2) is 57.5 Å². The summed E-state index contributed by atoms with van der Waals surface area (Å²) in [5.74, 6) is 0.167. The number of benzene rings is 2. The molecule has 0 fully saturated rings. The number of carbonyl (C=O) groups excluding carboxylic acids is 1. The highest BCUT2D eigenvalue weighted by Gasteiger charge is 2.08. The predicted molar refractivity (Wildman–Crippen MR) is 80.9 cm³/mol. The largest absolute Gasteiger partial charge is 0.294 e. The van der Waals surface area contributed by atoms with Gasteiger partial charge in [0.15, 0.2) is 5.78 Å². The van der Waals surface area contributed by atoms with E-state index in [1.807, 2.05) is 48.5 Å². The minimum absolute atomic E-state index is 0.167. The third-order valence-corrected chi connectivity index (χ3v) is 3.58. The lowest BCUT2D eigenvalue weighted by atomic mass is 10.0. The zero-order chi connectivity index (χ0) is 13.0. The van der Waals surface area contributed by atoms with Crippen molar-refractivity contribution in [1.82, 2.24) is 0 Å². The van der Waals surface area contributed by atoms with Gasteiger partial charge in [0.1, 0.15) is 0 Å². The first-order valence-electron chi connectivity index (χ1n) is 5.68. The quantitative estimate of drug-likeness (QED) is 0.693. The van der Waals surface area contributed by atoms with E-state index < -0.39 is 0 Å². The lowest BCUT2D eigenvalue weighted by Gasteiger charge is -2.03. The second-order valence-corrected chi connectivity index (χ2v) is 5.90. The standard InChI is InChI=1S/C15H12Br2O/c16-13-8-12(9-14(17)10-13)15(18)7-6-11-4-2-1-3-5-11/h1-5,8-10H,6-7H2. The molecule has 0 unspecified atom stereocenters. The molecule has 0 spiro atoms. The highest BCUT2D eigenvalue weighted by atomic mass is 79.9. The summed E-state index contributed by atoms with van der Waals surface area (Å²) in [7, 11) is 0. The van der Waals surface area contributed by atoms with Crippen LogP contribution in [0.25, 0.3) is 0 Å². The molecule has 1 nitrogen and oxygen atoms in total. The first-order chi connectivity index (χ1) is 8.65. The van der Waals surface area contributed by atoms with E-state index in [9.17, 15) is 4.79 Å². The first kappa shape index (κ1) is 13.5. The summed E-state index contributed by atoms with van der Waals surface area (Å²) in [4.78, 5) is 12.1. The van der Waals surface area contributed by atoms with Crippen molar-refractivity contribution in [3.63, 3.8) is 0 Å². The number of carbonyl (C=O) groups is 1. The van der Waals surface area contributed by atoms with Crippen molar-refractivity contribution in [3.05, 3.63) is 68.6 Å². The molecule has 0 aliphatic carbocycles. The third-order valence-electron chi connectivity index (χ3n) is 2.67. The van der Waals surface area contributed by atoms with Crippen molar-refractivity contribution in [1.29, 1.82) is 0 Å². The molecule has 18 heavy (non-hydrogen) atoms. The van der Waals surface area contributed by atoms with E-state index in [1.165, 1.54) is 5.56 Å². The van der Waals surface area contributed by atoms with Crippen LogP contribution < -0.4 is 0 Å². The van der Waals surface area contributed by atoms with Gasteiger partial charge in [-0.1, -0.05) is 62.2 Å². The molecule has 2 rings (SSSR count). The second-order valence-electron chi connectivity index (χ2n) is 4.07. The topological polar surface area (TPSA) is 17.1 Å². The van der Waals surface area contributed by atoms with Crippen LogP contribution in [0.3, 0.4) is 0 Å². The number of rotatable bonds is 4. The molecule has 0 amide bonds. The molecule has 2 aromatic rings. The Morgan fingerprint density at radius 2 is 1.56 bits per heavy atom. The molecule has 0 heterocycles. The van der Waals surface area contributed by atoms with Crippen LogP contribution in [0.1, 0.15) is 22.3 Å². The van der Waals surface area contributed by atoms with E-state index in [-0.39, 0.29) is 5.78 Å². The van der Waals surface area contributed by atoms with E-state index in [4.69, 9.17) is 0 Å². The van der Waals surface area contributed by atoms with Crippen LogP contribution in [-0.2, 0) is 6.42 Å². The highest BCUT2D eigenvalue weighted by Crippen LogP contribution is 2.21. The Kier molecular flexibility index (Phi) is 4.72. The van der Waals surface area contributed by atoms with Crippen LogP contribution in [-0.4, -0.2) is 5.78 Å². The van der Waals surface area contributed by atoms with Crippen molar-refractivity contribution in [2.75, 3.05) is 0 Å². The number of hydrogen-bond acceptors (Lipinski definition) is 1. The Bertz CT molecular complexity index is 529. The Balaban J connectivity index is 2.04. The monoisotopic (exact) mass is 366 g/mol. The Hall–Kier alpha value is -0.930. The number of Topliss-reactive ketones (excluding diaryl/α,β-unsaturated/α-hetero) is 1. The summed E-state index contributed by atoms with van der Waals surface area (Å²) in [6, 6.07) is 15.7. The van der Waals surface area contributed by atoms with Gasteiger partial charge >= 0.3 is 0 Å². The zero-order valence-corrected chi connectivity index (χ0v) is 12.9. The highest BCUT2D eigenvalue weighted by molar-refractivity contribution is 9.11. The second kappa shape index (κ2) is 6.30. The van der Waals surface area contributed by atoms with Gasteiger partial charge < -0.3 is 0 Å². The maximum atomic E-state index is 12.1. The van der Waals surface area contributed by atoms with E-state index in [0.717, 1.165) is 20.9 Å². The van der Waals surface area contributed by atoms with Gasteiger partial charge in [0.2, 0.25) is 0 Å². The van der Waals surface area contributed by atoms with Gasteiger partial charge in [-0.15, -0.1) is 0 Å².